The van der Waals surface area contributed by atoms with Crippen molar-refractivity contribution in [2.24, 2.45) is 5.73 Å². The van der Waals surface area contributed by atoms with Crippen molar-refractivity contribution in [3.8, 4) is 5.75 Å². The topological polar surface area (TPSA) is 35.2 Å². The van der Waals surface area contributed by atoms with Crippen LogP contribution in [-0.2, 0) is 12.0 Å². The highest BCUT2D eigenvalue weighted by atomic mass is 16.5. The molecule has 1 aromatic carbocycles. The molecule has 2 heteroatoms. The Labute approximate surface area is 85.1 Å². The van der Waals surface area contributed by atoms with Crippen LogP contribution in [0.1, 0.15) is 30.9 Å². The highest BCUT2D eigenvalue weighted by Gasteiger charge is 2.40. The Morgan fingerprint density at radius 3 is 2.64 bits per heavy atom. The van der Waals surface area contributed by atoms with Crippen LogP contribution in [0.15, 0.2) is 18.2 Å². The quantitative estimate of drug-likeness (QED) is 0.795. The molecule has 1 aliphatic carbocycles. The van der Waals surface area contributed by atoms with Crippen molar-refractivity contribution in [3.63, 3.8) is 0 Å². The van der Waals surface area contributed by atoms with E-state index in [2.05, 4.69) is 19.1 Å². The van der Waals surface area contributed by atoms with Crippen molar-refractivity contribution in [2.45, 2.75) is 31.7 Å². The minimum absolute atomic E-state index is 0.0316. The molecule has 1 saturated carbocycles. The molecule has 2 nitrogen and oxygen atoms in total. The summed E-state index contributed by atoms with van der Waals surface area (Å²) < 4.78 is 5.28. The zero-order chi connectivity index (χ0) is 10.2. The Morgan fingerprint density at radius 2 is 2.14 bits per heavy atom. The molecule has 0 aliphatic heterocycles. The van der Waals surface area contributed by atoms with Gasteiger partial charge in [-0.05, 0) is 36.5 Å². The molecule has 0 atom stereocenters. The van der Waals surface area contributed by atoms with Gasteiger partial charge in [-0.15, -0.1) is 0 Å². The zero-order valence-corrected chi connectivity index (χ0v) is 8.84. The summed E-state index contributed by atoms with van der Waals surface area (Å²) >= 11 is 0. The second-order valence-electron chi connectivity index (χ2n) is 4.04. The van der Waals surface area contributed by atoms with E-state index in [9.17, 15) is 0 Å². The lowest BCUT2D eigenvalue weighted by molar-refractivity contribution is 0.409. The van der Waals surface area contributed by atoms with Crippen LogP contribution in [-0.4, -0.2) is 7.11 Å². The van der Waals surface area contributed by atoms with Crippen LogP contribution in [0.4, 0.5) is 0 Å². The summed E-state index contributed by atoms with van der Waals surface area (Å²) in [5.41, 5.74) is 8.62. The molecule has 14 heavy (non-hydrogen) atoms. The molecule has 1 aromatic rings. The molecule has 1 aliphatic rings. The van der Waals surface area contributed by atoms with E-state index >= 15 is 0 Å². The predicted octanol–water partition coefficient (Wildman–Crippen LogP) is 2.21. The van der Waals surface area contributed by atoms with Gasteiger partial charge in [0.05, 0.1) is 7.11 Å². The predicted molar refractivity (Wildman–Crippen MR) is 57.5 cm³/mol. The Hall–Kier alpha value is -1.02. The van der Waals surface area contributed by atoms with E-state index in [-0.39, 0.29) is 5.54 Å². The van der Waals surface area contributed by atoms with Crippen LogP contribution in [0, 0.1) is 0 Å². The average molecular weight is 191 g/mol. The molecule has 0 aromatic heterocycles. The number of benzene rings is 1. The van der Waals surface area contributed by atoms with Gasteiger partial charge in [0, 0.05) is 5.54 Å². The van der Waals surface area contributed by atoms with E-state index in [0.29, 0.717) is 0 Å². The molecule has 2 rings (SSSR count). The van der Waals surface area contributed by atoms with E-state index in [1.807, 2.05) is 6.07 Å². The van der Waals surface area contributed by atoms with Crippen LogP contribution in [0.5, 0.6) is 5.75 Å². The van der Waals surface area contributed by atoms with Gasteiger partial charge in [-0.2, -0.15) is 0 Å². The number of ether oxygens (including phenoxy) is 1. The van der Waals surface area contributed by atoms with Crippen LogP contribution >= 0.6 is 0 Å². The Bertz CT molecular complexity index is 342. The molecular weight excluding hydrogens is 174 g/mol. The number of hydrogen-bond acceptors (Lipinski definition) is 2. The van der Waals surface area contributed by atoms with E-state index in [1.54, 1.807) is 7.11 Å². The molecule has 2 N–H and O–H groups in total. The van der Waals surface area contributed by atoms with E-state index in [4.69, 9.17) is 10.5 Å². The fraction of sp³-hybridized carbons (Fsp3) is 0.500. The molecule has 0 bridgehead atoms. The minimum Gasteiger partial charge on any atom is -0.496 e. The van der Waals surface area contributed by atoms with Gasteiger partial charge < -0.3 is 10.5 Å². The molecule has 1 fully saturated rings. The maximum Gasteiger partial charge on any atom is 0.122 e. The molecule has 0 saturated heterocycles. The monoisotopic (exact) mass is 191 g/mol. The number of aryl methyl sites for hydroxylation is 1. The lowest BCUT2D eigenvalue weighted by Gasteiger charge is -2.13. The standard InChI is InChI=1S/C12H17NO/c1-3-9-8-10(12(13)6-7-12)4-5-11(9)14-2/h4-5,8H,3,6-7,13H2,1-2H3. The lowest BCUT2D eigenvalue weighted by atomic mass is 10.0. The third kappa shape index (κ3) is 1.50. The summed E-state index contributed by atoms with van der Waals surface area (Å²) in [6, 6.07) is 6.30. The maximum atomic E-state index is 6.14. The van der Waals surface area contributed by atoms with Gasteiger partial charge >= 0.3 is 0 Å². The van der Waals surface area contributed by atoms with Crippen molar-refractivity contribution in [3.05, 3.63) is 29.3 Å². The highest BCUT2D eigenvalue weighted by molar-refractivity contribution is 5.41. The van der Waals surface area contributed by atoms with Crippen molar-refractivity contribution >= 4 is 0 Å². The lowest BCUT2D eigenvalue weighted by Crippen LogP contribution is -2.18. The summed E-state index contributed by atoms with van der Waals surface area (Å²) in [4.78, 5) is 0. The minimum atomic E-state index is -0.0316. The number of methoxy groups -OCH3 is 1. The highest BCUT2D eigenvalue weighted by Crippen LogP contribution is 2.43. The maximum absolute atomic E-state index is 6.14. The number of nitrogens with two attached hydrogens (primary N) is 1. The van der Waals surface area contributed by atoms with E-state index < -0.39 is 0 Å². The first kappa shape index (κ1) is 9.53. The summed E-state index contributed by atoms with van der Waals surface area (Å²) in [7, 11) is 1.71. The molecule has 76 valence electrons. The Kier molecular flexibility index (Phi) is 2.23. The Morgan fingerprint density at radius 1 is 1.43 bits per heavy atom. The molecule has 0 radical (unpaired) electrons. The van der Waals surface area contributed by atoms with E-state index in [0.717, 1.165) is 25.0 Å². The SMILES string of the molecule is CCc1cc(C2(N)CC2)ccc1OC. The summed E-state index contributed by atoms with van der Waals surface area (Å²) in [5.74, 6) is 0.973. The molecule has 0 amide bonds. The van der Waals surface area contributed by atoms with Crippen molar-refractivity contribution in [2.75, 3.05) is 7.11 Å². The Balaban J connectivity index is 2.36. The first-order chi connectivity index (χ1) is 6.69. The van der Waals surface area contributed by atoms with Gasteiger partial charge in [-0.3, -0.25) is 0 Å². The van der Waals surface area contributed by atoms with Gasteiger partial charge in [0.15, 0.2) is 0 Å². The van der Waals surface area contributed by atoms with Gasteiger partial charge in [-0.25, -0.2) is 0 Å². The fourth-order valence-electron chi connectivity index (χ4n) is 1.79. The van der Waals surface area contributed by atoms with Gasteiger partial charge in [-0.1, -0.05) is 19.1 Å². The van der Waals surface area contributed by atoms with Crippen LogP contribution in [0.2, 0.25) is 0 Å². The van der Waals surface area contributed by atoms with E-state index in [1.165, 1.54) is 11.1 Å². The normalized spacial score (nSPS) is 17.9. The third-order valence-corrected chi connectivity index (χ3v) is 3.02. The van der Waals surface area contributed by atoms with Gasteiger partial charge in [0.2, 0.25) is 0 Å². The van der Waals surface area contributed by atoms with Crippen molar-refractivity contribution in [1.82, 2.24) is 0 Å². The number of hydrogen-bond donors (Lipinski definition) is 1. The average Bonchev–Trinajstić information content (AvgIpc) is 2.97. The molecular formula is C12H17NO. The molecule has 0 spiro atoms. The fourth-order valence-corrected chi connectivity index (χ4v) is 1.79. The zero-order valence-electron chi connectivity index (χ0n) is 8.84. The van der Waals surface area contributed by atoms with Crippen molar-refractivity contribution in [1.29, 1.82) is 0 Å². The van der Waals surface area contributed by atoms with Crippen LogP contribution < -0.4 is 10.5 Å². The second-order valence-corrected chi connectivity index (χ2v) is 4.04. The first-order valence-electron chi connectivity index (χ1n) is 5.16. The van der Waals surface area contributed by atoms with Gasteiger partial charge in [0.25, 0.3) is 0 Å². The summed E-state index contributed by atoms with van der Waals surface area (Å²) in [5, 5.41) is 0. The summed E-state index contributed by atoms with van der Waals surface area (Å²) in [6.45, 7) is 2.14. The smallest absolute Gasteiger partial charge is 0.122 e. The van der Waals surface area contributed by atoms with Crippen LogP contribution in [0.3, 0.4) is 0 Å². The van der Waals surface area contributed by atoms with Crippen LogP contribution in [0.25, 0.3) is 0 Å². The third-order valence-electron chi connectivity index (χ3n) is 3.02. The number of rotatable bonds is 3. The van der Waals surface area contributed by atoms with Gasteiger partial charge in [0.1, 0.15) is 5.75 Å². The second kappa shape index (κ2) is 3.28. The molecule has 0 heterocycles. The largest absolute Gasteiger partial charge is 0.496 e. The summed E-state index contributed by atoms with van der Waals surface area (Å²) in [6.07, 6.45) is 3.22. The van der Waals surface area contributed by atoms with Crippen molar-refractivity contribution < 1.29 is 4.74 Å². The first-order valence-corrected chi connectivity index (χ1v) is 5.16. The molecule has 0 unspecified atom stereocenters.